The third-order valence-electron chi connectivity index (χ3n) is 7.01. The van der Waals surface area contributed by atoms with Crippen molar-refractivity contribution >= 4 is 5.69 Å². The van der Waals surface area contributed by atoms with Gasteiger partial charge in [-0.25, -0.2) is 0 Å². The van der Waals surface area contributed by atoms with Crippen molar-refractivity contribution in [3.05, 3.63) is 121 Å². The first-order valence-electron chi connectivity index (χ1n) is 13.2. The Morgan fingerprint density at radius 1 is 0.700 bits per heavy atom. The molecular weight excluding hydrogens is 496 g/mol. The topological polar surface area (TPSA) is 56.3 Å². The zero-order valence-electron chi connectivity index (χ0n) is 22.8. The predicted molar refractivity (Wildman–Crippen MR) is 160 cm³/mol. The fourth-order valence-electron chi connectivity index (χ4n) is 4.93. The van der Waals surface area contributed by atoms with Crippen molar-refractivity contribution in [1.29, 1.82) is 0 Å². The van der Waals surface area contributed by atoms with E-state index in [4.69, 9.17) is 9.15 Å². The number of nitrogens with zero attached hydrogens (tertiary/aromatic N) is 4. The molecule has 2 aromatic heterocycles. The molecule has 198 valence electrons. The summed E-state index contributed by atoms with van der Waals surface area (Å²) in [5, 5.41) is 8.81. The molecule has 0 fully saturated rings. The first kappa shape index (κ1) is 25.2. The lowest BCUT2D eigenvalue weighted by Gasteiger charge is -2.15. The Hall–Kier alpha value is -5.10. The lowest BCUT2D eigenvalue weighted by Crippen LogP contribution is -2.08. The summed E-state index contributed by atoms with van der Waals surface area (Å²) < 4.78 is 13.8. The van der Waals surface area contributed by atoms with E-state index in [2.05, 4.69) is 113 Å². The Balaban J connectivity index is 1.50. The maximum atomic E-state index is 6.20. The van der Waals surface area contributed by atoms with Crippen LogP contribution in [0.5, 0.6) is 5.75 Å². The van der Waals surface area contributed by atoms with Crippen LogP contribution in [0.15, 0.2) is 120 Å². The highest BCUT2D eigenvalue weighted by atomic mass is 16.5. The molecular formula is C34H30N4O2. The van der Waals surface area contributed by atoms with E-state index in [1.807, 2.05) is 36.4 Å². The summed E-state index contributed by atoms with van der Waals surface area (Å²) in [7, 11) is 5.75. The Morgan fingerprint density at radius 2 is 1.32 bits per heavy atom. The van der Waals surface area contributed by atoms with Gasteiger partial charge in [0.15, 0.2) is 0 Å². The summed E-state index contributed by atoms with van der Waals surface area (Å²) in [5.74, 6) is 1.79. The highest BCUT2D eigenvalue weighted by molar-refractivity contribution is 5.87. The van der Waals surface area contributed by atoms with Crippen molar-refractivity contribution in [3.8, 4) is 50.8 Å². The van der Waals surface area contributed by atoms with Crippen molar-refractivity contribution < 1.29 is 9.15 Å². The van der Waals surface area contributed by atoms with Crippen LogP contribution in [0, 0.1) is 0 Å². The fraction of sp³-hybridized carbons (Fsp3) is 0.118. The van der Waals surface area contributed by atoms with Crippen LogP contribution in [-0.4, -0.2) is 36.0 Å². The first-order valence-corrected chi connectivity index (χ1v) is 13.2. The van der Waals surface area contributed by atoms with E-state index in [1.54, 1.807) is 7.11 Å². The van der Waals surface area contributed by atoms with E-state index in [1.165, 1.54) is 0 Å². The number of anilines is 1. The number of rotatable bonds is 8. The van der Waals surface area contributed by atoms with Crippen molar-refractivity contribution in [2.45, 2.75) is 6.54 Å². The minimum Gasteiger partial charge on any atom is -0.497 e. The van der Waals surface area contributed by atoms with Gasteiger partial charge < -0.3 is 18.6 Å². The number of hydrogen-bond acceptors (Lipinski definition) is 5. The molecule has 0 bridgehead atoms. The average molecular weight is 527 g/mol. The molecule has 40 heavy (non-hydrogen) atoms. The van der Waals surface area contributed by atoms with Gasteiger partial charge in [-0.15, -0.1) is 10.2 Å². The minimum absolute atomic E-state index is 0.422. The summed E-state index contributed by atoms with van der Waals surface area (Å²) in [6.45, 7) is 0.422. The van der Waals surface area contributed by atoms with Crippen LogP contribution in [0.3, 0.4) is 0 Å². The average Bonchev–Trinajstić information content (AvgIpc) is 3.63. The van der Waals surface area contributed by atoms with Crippen LogP contribution in [0.25, 0.3) is 45.1 Å². The Bertz CT molecular complexity index is 1700. The predicted octanol–water partition coefficient (Wildman–Crippen LogP) is 7.66. The zero-order valence-corrected chi connectivity index (χ0v) is 22.8. The summed E-state index contributed by atoms with van der Waals surface area (Å²) in [6, 6.07) is 39.5. The van der Waals surface area contributed by atoms with Crippen molar-refractivity contribution in [3.63, 3.8) is 0 Å². The highest BCUT2D eigenvalue weighted by Gasteiger charge is 2.21. The fourth-order valence-corrected chi connectivity index (χ4v) is 4.93. The van der Waals surface area contributed by atoms with Crippen molar-refractivity contribution in [1.82, 2.24) is 14.8 Å². The largest absolute Gasteiger partial charge is 0.497 e. The Labute approximate surface area is 234 Å². The number of ether oxygens (including phenoxy) is 1. The molecule has 4 aromatic carbocycles. The molecule has 0 aliphatic heterocycles. The summed E-state index contributed by atoms with van der Waals surface area (Å²) in [6.07, 6.45) is 0. The second-order valence-corrected chi connectivity index (χ2v) is 9.78. The van der Waals surface area contributed by atoms with E-state index in [0.717, 1.165) is 50.6 Å². The van der Waals surface area contributed by atoms with Crippen LogP contribution in [0.1, 0.15) is 5.89 Å². The van der Waals surface area contributed by atoms with Gasteiger partial charge in [-0.1, -0.05) is 72.8 Å². The molecule has 0 spiro atoms. The maximum absolute atomic E-state index is 6.20. The van der Waals surface area contributed by atoms with Gasteiger partial charge in [-0.3, -0.25) is 0 Å². The van der Waals surface area contributed by atoms with Gasteiger partial charge in [0.1, 0.15) is 12.3 Å². The molecule has 6 nitrogen and oxygen atoms in total. The molecule has 0 amide bonds. The smallest absolute Gasteiger partial charge is 0.247 e. The Morgan fingerprint density at radius 3 is 1.95 bits per heavy atom. The molecule has 0 unspecified atom stereocenters. The standard InChI is InChI=1S/C34H30N4O2/c1-37(2)28-18-14-25(15-19-28)31-22-30(24-10-6-4-7-11-24)33(26-12-8-5-9-13-26)38(31)23-32-35-36-34(40-32)27-16-20-29(39-3)21-17-27/h4-22H,23H2,1-3H3. The van der Waals surface area contributed by atoms with Gasteiger partial charge in [0, 0.05) is 36.6 Å². The van der Waals surface area contributed by atoms with Crippen LogP contribution in [0.2, 0.25) is 0 Å². The normalized spacial score (nSPS) is 11.0. The summed E-state index contributed by atoms with van der Waals surface area (Å²) >= 11 is 0. The van der Waals surface area contributed by atoms with Crippen LogP contribution < -0.4 is 9.64 Å². The second-order valence-electron chi connectivity index (χ2n) is 9.78. The maximum Gasteiger partial charge on any atom is 0.247 e. The SMILES string of the molecule is COc1ccc(-c2nnc(Cn3c(-c4ccc(N(C)C)cc4)cc(-c4ccccc4)c3-c3ccccc3)o2)cc1. The van der Waals surface area contributed by atoms with E-state index in [-0.39, 0.29) is 0 Å². The highest BCUT2D eigenvalue weighted by Crippen LogP contribution is 2.40. The lowest BCUT2D eigenvalue weighted by molar-refractivity contribution is 0.415. The number of hydrogen-bond donors (Lipinski definition) is 0. The molecule has 0 radical (unpaired) electrons. The summed E-state index contributed by atoms with van der Waals surface area (Å²) in [4.78, 5) is 2.10. The van der Waals surface area contributed by atoms with Gasteiger partial charge in [-0.2, -0.15) is 0 Å². The molecule has 6 rings (SSSR count). The quantitative estimate of drug-likeness (QED) is 0.204. The van der Waals surface area contributed by atoms with Crippen LogP contribution in [-0.2, 0) is 6.54 Å². The molecule has 0 aliphatic rings. The minimum atomic E-state index is 0.422. The van der Waals surface area contributed by atoms with Gasteiger partial charge >= 0.3 is 0 Å². The monoisotopic (exact) mass is 526 g/mol. The molecule has 0 saturated heterocycles. The molecule has 0 atom stereocenters. The van der Waals surface area contributed by atoms with Crippen LogP contribution in [0.4, 0.5) is 5.69 Å². The third-order valence-corrected chi connectivity index (χ3v) is 7.01. The molecule has 6 aromatic rings. The molecule has 0 aliphatic carbocycles. The van der Waals surface area contributed by atoms with Crippen molar-refractivity contribution in [2.75, 3.05) is 26.1 Å². The lowest BCUT2D eigenvalue weighted by atomic mass is 10.0. The van der Waals surface area contributed by atoms with E-state index in [9.17, 15) is 0 Å². The summed E-state index contributed by atoms with van der Waals surface area (Å²) in [5.41, 5.74) is 8.69. The van der Waals surface area contributed by atoms with Crippen molar-refractivity contribution in [2.24, 2.45) is 0 Å². The first-order chi connectivity index (χ1) is 19.6. The van der Waals surface area contributed by atoms with Gasteiger partial charge in [0.2, 0.25) is 11.8 Å². The van der Waals surface area contributed by atoms with E-state index >= 15 is 0 Å². The second kappa shape index (κ2) is 10.9. The zero-order chi connectivity index (χ0) is 27.5. The van der Waals surface area contributed by atoms with Gasteiger partial charge in [-0.05, 0) is 59.2 Å². The van der Waals surface area contributed by atoms with Gasteiger partial charge in [0.05, 0.1) is 12.8 Å². The molecule has 0 N–H and O–H groups in total. The number of benzene rings is 4. The number of aromatic nitrogens is 3. The number of methoxy groups -OCH3 is 1. The Kier molecular flexibility index (Phi) is 6.89. The van der Waals surface area contributed by atoms with Gasteiger partial charge in [0.25, 0.3) is 0 Å². The third kappa shape index (κ3) is 4.99. The van der Waals surface area contributed by atoms with E-state index < -0.39 is 0 Å². The molecule has 0 saturated carbocycles. The van der Waals surface area contributed by atoms with E-state index in [0.29, 0.717) is 18.3 Å². The van der Waals surface area contributed by atoms with Crippen LogP contribution >= 0.6 is 0 Å². The molecule has 2 heterocycles. The molecule has 6 heteroatoms.